The minimum atomic E-state index is 0.0284. The van der Waals surface area contributed by atoms with Gasteiger partial charge >= 0.3 is 0 Å². The maximum atomic E-state index is 12.3. The molecule has 0 spiro atoms. The lowest BCUT2D eigenvalue weighted by Crippen LogP contribution is -2.18. The monoisotopic (exact) mass is 240 g/mol. The number of aromatic nitrogens is 2. The van der Waals surface area contributed by atoms with Crippen molar-refractivity contribution in [2.45, 2.75) is 0 Å². The van der Waals surface area contributed by atoms with E-state index in [9.17, 15) is 4.79 Å². The van der Waals surface area contributed by atoms with E-state index in [1.807, 2.05) is 37.5 Å². The van der Waals surface area contributed by atoms with Crippen molar-refractivity contribution in [3.05, 3.63) is 53.4 Å². The minimum Gasteiger partial charge on any atom is -0.488 e. The van der Waals surface area contributed by atoms with Crippen molar-refractivity contribution < 1.29 is 9.53 Å². The van der Waals surface area contributed by atoms with Gasteiger partial charge in [0.05, 0.1) is 11.8 Å². The van der Waals surface area contributed by atoms with Crippen LogP contribution in [0.5, 0.6) is 5.75 Å². The molecule has 4 nitrogen and oxygen atoms in total. The summed E-state index contributed by atoms with van der Waals surface area (Å²) in [6.07, 6.45) is 5.41. The van der Waals surface area contributed by atoms with Gasteiger partial charge in [-0.25, -0.2) is 0 Å². The molecule has 0 radical (unpaired) electrons. The van der Waals surface area contributed by atoms with Crippen molar-refractivity contribution in [3.63, 3.8) is 0 Å². The van der Waals surface area contributed by atoms with E-state index >= 15 is 0 Å². The maximum Gasteiger partial charge on any atom is 0.196 e. The quantitative estimate of drug-likeness (QED) is 0.717. The van der Waals surface area contributed by atoms with Gasteiger partial charge in [0.25, 0.3) is 0 Å². The zero-order chi connectivity index (χ0) is 12.5. The Morgan fingerprint density at radius 3 is 3.00 bits per heavy atom. The Hall–Kier alpha value is -2.36. The molecule has 18 heavy (non-hydrogen) atoms. The van der Waals surface area contributed by atoms with Crippen LogP contribution < -0.4 is 4.74 Å². The molecule has 0 fully saturated rings. The highest BCUT2D eigenvalue weighted by Gasteiger charge is 2.22. The smallest absolute Gasteiger partial charge is 0.196 e. The van der Waals surface area contributed by atoms with Crippen LogP contribution in [0, 0.1) is 0 Å². The Bertz CT molecular complexity index is 641. The first kappa shape index (κ1) is 10.8. The maximum absolute atomic E-state index is 12.3. The second kappa shape index (κ2) is 4.14. The van der Waals surface area contributed by atoms with Crippen LogP contribution >= 0.6 is 0 Å². The fourth-order valence-corrected chi connectivity index (χ4v) is 2.00. The molecular weight excluding hydrogens is 228 g/mol. The molecule has 1 aromatic heterocycles. The first-order chi connectivity index (χ1) is 8.74. The zero-order valence-electron chi connectivity index (χ0n) is 9.96. The lowest BCUT2D eigenvalue weighted by atomic mass is 9.99. The fourth-order valence-electron chi connectivity index (χ4n) is 2.00. The van der Waals surface area contributed by atoms with Gasteiger partial charge in [-0.05, 0) is 18.2 Å². The van der Waals surface area contributed by atoms with E-state index < -0.39 is 0 Å². The number of ketones is 1. The Morgan fingerprint density at radius 1 is 1.39 bits per heavy atom. The summed E-state index contributed by atoms with van der Waals surface area (Å²) in [5.41, 5.74) is 2.18. The Labute approximate surface area is 105 Å². The SMILES string of the molecule is Cn1cc(C=C2COc3ccccc3C2=O)cn1. The number of hydrogen-bond acceptors (Lipinski definition) is 3. The summed E-state index contributed by atoms with van der Waals surface area (Å²) in [6.45, 7) is 0.310. The molecule has 1 aliphatic rings. The summed E-state index contributed by atoms with van der Waals surface area (Å²) in [5.74, 6) is 0.687. The number of benzene rings is 1. The second-order valence-electron chi connectivity index (χ2n) is 4.23. The van der Waals surface area contributed by atoms with E-state index in [-0.39, 0.29) is 5.78 Å². The first-order valence-electron chi connectivity index (χ1n) is 5.70. The highest BCUT2D eigenvalue weighted by molar-refractivity contribution is 6.13. The zero-order valence-corrected chi connectivity index (χ0v) is 9.96. The number of carbonyl (C=O) groups is 1. The first-order valence-corrected chi connectivity index (χ1v) is 5.70. The topological polar surface area (TPSA) is 44.1 Å². The predicted molar refractivity (Wildman–Crippen MR) is 67.5 cm³/mol. The molecule has 4 heteroatoms. The molecule has 90 valence electrons. The summed E-state index contributed by atoms with van der Waals surface area (Å²) in [4.78, 5) is 12.3. The summed E-state index contributed by atoms with van der Waals surface area (Å²) >= 11 is 0. The van der Waals surface area contributed by atoms with Crippen molar-refractivity contribution in [3.8, 4) is 5.75 Å². The molecule has 2 heterocycles. The van der Waals surface area contributed by atoms with Gasteiger partial charge in [0.15, 0.2) is 5.78 Å². The van der Waals surface area contributed by atoms with Gasteiger partial charge in [-0.1, -0.05) is 12.1 Å². The van der Waals surface area contributed by atoms with Gasteiger partial charge in [0.1, 0.15) is 12.4 Å². The van der Waals surface area contributed by atoms with Gasteiger partial charge in [-0.2, -0.15) is 5.10 Å². The molecule has 1 aliphatic heterocycles. The number of hydrogen-bond donors (Lipinski definition) is 0. The van der Waals surface area contributed by atoms with Crippen LogP contribution in [0.3, 0.4) is 0 Å². The van der Waals surface area contributed by atoms with E-state index in [1.54, 1.807) is 16.9 Å². The van der Waals surface area contributed by atoms with Crippen LogP contribution in [0.15, 0.2) is 42.2 Å². The van der Waals surface area contributed by atoms with E-state index in [1.165, 1.54) is 0 Å². The van der Waals surface area contributed by atoms with E-state index in [0.29, 0.717) is 23.5 Å². The van der Waals surface area contributed by atoms with E-state index in [4.69, 9.17) is 4.74 Å². The highest BCUT2D eigenvalue weighted by Crippen LogP contribution is 2.27. The highest BCUT2D eigenvalue weighted by atomic mass is 16.5. The number of carbonyl (C=O) groups excluding carboxylic acids is 1. The molecule has 0 saturated carbocycles. The third-order valence-corrected chi connectivity index (χ3v) is 2.87. The lowest BCUT2D eigenvalue weighted by molar-refractivity contribution is 0.100. The standard InChI is InChI=1S/C14H12N2O2/c1-16-8-10(7-15-16)6-11-9-18-13-5-3-2-4-12(13)14(11)17/h2-8H,9H2,1H3. The largest absolute Gasteiger partial charge is 0.488 e. The molecule has 1 aromatic carbocycles. The number of fused-ring (bicyclic) bond motifs is 1. The number of para-hydroxylation sites is 1. The number of Topliss-reactive ketones (excluding diaryl/α,β-unsaturated/α-hetero) is 1. The average molecular weight is 240 g/mol. The van der Waals surface area contributed by atoms with Gasteiger partial charge in [0.2, 0.25) is 0 Å². The summed E-state index contributed by atoms with van der Waals surface area (Å²) in [6, 6.07) is 7.30. The van der Waals surface area contributed by atoms with Gasteiger partial charge < -0.3 is 4.74 Å². The predicted octanol–water partition coefficient (Wildman–Crippen LogP) is 2.08. The summed E-state index contributed by atoms with van der Waals surface area (Å²) < 4.78 is 7.27. The number of ether oxygens (including phenoxy) is 1. The third-order valence-electron chi connectivity index (χ3n) is 2.87. The van der Waals surface area contributed by atoms with Gasteiger partial charge in [-0.15, -0.1) is 0 Å². The van der Waals surface area contributed by atoms with Crippen molar-refractivity contribution in [2.75, 3.05) is 6.61 Å². The molecule has 2 aromatic rings. The number of aryl methyl sites for hydroxylation is 1. The van der Waals surface area contributed by atoms with Crippen LogP contribution in [0.4, 0.5) is 0 Å². The Balaban J connectivity index is 1.98. The average Bonchev–Trinajstić information content (AvgIpc) is 2.79. The molecule has 0 aliphatic carbocycles. The van der Waals surface area contributed by atoms with Crippen LogP contribution in [0.25, 0.3) is 6.08 Å². The van der Waals surface area contributed by atoms with Crippen LogP contribution in [-0.4, -0.2) is 22.2 Å². The van der Waals surface area contributed by atoms with Gasteiger partial charge in [-0.3, -0.25) is 9.48 Å². The molecule has 0 atom stereocenters. The number of rotatable bonds is 1. The molecule has 0 amide bonds. The van der Waals surface area contributed by atoms with Crippen molar-refractivity contribution in [2.24, 2.45) is 7.05 Å². The summed E-state index contributed by atoms with van der Waals surface area (Å²) in [5, 5.41) is 4.07. The Kier molecular flexibility index (Phi) is 2.48. The van der Waals surface area contributed by atoms with Crippen LogP contribution in [-0.2, 0) is 7.05 Å². The van der Waals surface area contributed by atoms with Crippen LogP contribution in [0.1, 0.15) is 15.9 Å². The molecule has 0 bridgehead atoms. The van der Waals surface area contributed by atoms with E-state index in [2.05, 4.69) is 5.10 Å². The molecule has 0 saturated heterocycles. The number of nitrogens with zero attached hydrogens (tertiary/aromatic N) is 2. The summed E-state index contributed by atoms with van der Waals surface area (Å²) in [7, 11) is 1.84. The molecule has 0 N–H and O–H groups in total. The van der Waals surface area contributed by atoms with Crippen molar-refractivity contribution in [1.29, 1.82) is 0 Å². The van der Waals surface area contributed by atoms with Gasteiger partial charge in [0, 0.05) is 24.4 Å². The minimum absolute atomic E-state index is 0.0284. The Morgan fingerprint density at radius 2 is 2.22 bits per heavy atom. The van der Waals surface area contributed by atoms with E-state index in [0.717, 1.165) is 5.56 Å². The molecule has 3 rings (SSSR count). The molecular formula is C14H12N2O2. The normalized spacial score (nSPS) is 16.5. The van der Waals surface area contributed by atoms with Crippen molar-refractivity contribution in [1.82, 2.24) is 9.78 Å². The fraction of sp³-hybridized carbons (Fsp3) is 0.143. The van der Waals surface area contributed by atoms with Crippen LogP contribution in [0.2, 0.25) is 0 Å². The lowest BCUT2D eigenvalue weighted by Gasteiger charge is -2.18. The van der Waals surface area contributed by atoms with Crippen molar-refractivity contribution >= 4 is 11.9 Å². The third kappa shape index (κ3) is 1.82. The molecule has 0 unspecified atom stereocenters. The second-order valence-corrected chi connectivity index (χ2v) is 4.23.